The third-order valence-electron chi connectivity index (χ3n) is 3.05. The van der Waals surface area contributed by atoms with E-state index in [9.17, 15) is 22.4 Å². The van der Waals surface area contributed by atoms with Crippen LogP contribution in [0.1, 0.15) is 12.5 Å². The minimum Gasteiger partial charge on any atom is -0.393 e. The Kier molecular flexibility index (Phi) is 2.61. The van der Waals surface area contributed by atoms with Crippen molar-refractivity contribution in [3.8, 4) is 0 Å². The van der Waals surface area contributed by atoms with Crippen molar-refractivity contribution in [2.24, 2.45) is 0 Å². The summed E-state index contributed by atoms with van der Waals surface area (Å²) >= 11 is 0. The zero-order valence-corrected chi connectivity index (χ0v) is 8.91. The summed E-state index contributed by atoms with van der Waals surface area (Å²) in [5.74, 6) is -5.84. The molecule has 2 atom stereocenters. The quantitative estimate of drug-likeness (QED) is 0.752. The molecule has 18 heavy (non-hydrogen) atoms. The smallest absolute Gasteiger partial charge is 0.350 e. The van der Waals surface area contributed by atoms with Gasteiger partial charge in [-0.2, -0.15) is 4.98 Å². The average molecular weight is 267 g/mol. The Morgan fingerprint density at radius 3 is 2.67 bits per heavy atom. The van der Waals surface area contributed by atoms with Gasteiger partial charge in [-0.3, -0.25) is 4.57 Å². The molecule has 0 saturated heterocycles. The number of hydrogen-bond acceptors (Lipinski definition) is 4. The normalized spacial score (nSPS) is 29.9. The second-order valence-electron chi connectivity index (χ2n) is 4.13. The molecule has 1 aromatic rings. The van der Waals surface area contributed by atoms with Crippen molar-refractivity contribution in [2.45, 2.75) is 24.1 Å². The van der Waals surface area contributed by atoms with E-state index < -0.39 is 48.0 Å². The third-order valence-corrected chi connectivity index (χ3v) is 3.05. The van der Waals surface area contributed by atoms with Gasteiger partial charge in [-0.1, -0.05) is 0 Å². The number of aliphatic hydroxyl groups is 1. The van der Waals surface area contributed by atoms with Gasteiger partial charge in [0.15, 0.2) is 11.6 Å². The van der Waals surface area contributed by atoms with Crippen LogP contribution in [0.3, 0.4) is 0 Å². The van der Waals surface area contributed by atoms with Crippen molar-refractivity contribution in [2.75, 3.05) is 12.3 Å². The van der Waals surface area contributed by atoms with Crippen molar-refractivity contribution in [1.82, 2.24) is 9.55 Å². The molecule has 2 rings (SSSR count). The van der Waals surface area contributed by atoms with Crippen LogP contribution in [0.2, 0.25) is 0 Å². The molecule has 1 heterocycles. The highest BCUT2D eigenvalue weighted by Crippen LogP contribution is 2.56. The fourth-order valence-electron chi connectivity index (χ4n) is 1.86. The second-order valence-corrected chi connectivity index (χ2v) is 4.13. The summed E-state index contributed by atoms with van der Waals surface area (Å²) in [5.41, 5.74) is 0.697. The van der Waals surface area contributed by atoms with Crippen LogP contribution in [0.4, 0.5) is 23.4 Å². The highest BCUT2D eigenvalue weighted by atomic mass is 19.3. The van der Waals surface area contributed by atoms with Crippen molar-refractivity contribution in [1.29, 1.82) is 0 Å². The molecule has 1 aliphatic rings. The van der Waals surface area contributed by atoms with E-state index in [2.05, 4.69) is 4.98 Å². The lowest BCUT2D eigenvalue weighted by Crippen LogP contribution is -2.65. The molecule has 0 radical (unpaired) electrons. The van der Waals surface area contributed by atoms with E-state index in [1.807, 2.05) is 0 Å². The van der Waals surface area contributed by atoms with E-state index in [1.165, 1.54) is 0 Å². The van der Waals surface area contributed by atoms with Crippen molar-refractivity contribution < 1.29 is 22.7 Å². The van der Waals surface area contributed by atoms with Gasteiger partial charge in [0.2, 0.25) is 5.67 Å². The molecule has 1 saturated carbocycles. The predicted molar refractivity (Wildman–Crippen MR) is 52.4 cm³/mol. The standard InChI is InChI=1S/C9H9F4N3O2/c10-4-2-16(7(18)15-6(4)14)5-1-8(11,3-17)9(5,12)13/h2,5,17H,1,3H2,(H2,14,15,18)/t5-,8+/m1/s1. The number of rotatable bonds is 2. The lowest BCUT2D eigenvalue weighted by Gasteiger charge is -2.48. The van der Waals surface area contributed by atoms with E-state index in [4.69, 9.17) is 10.8 Å². The highest BCUT2D eigenvalue weighted by molar-refractivity contribution is 5.27. The number of anilines is 1. The largest absolute Gasteiger partial charge is 0.393 e. The molecule has 0 aromatic carbocycles. The zero-order chi connectivity index (χ0) is 13.7. The number of nitrogen functional groups attached to an aromatic ring is 1. The molecule has 100 valence electrons. The molecule has 1 aromatic heterocycles. The average Bonchev–Trinajstić information content (AvgIpc) is 2.30. The fraction of sp³-hybridized carbons (Fsp3) is 0.556. The molecule has 1 aliphatic carbocycles. The van der Waals surface area contributed by atoms with Crippen molar-refractivity contribution in [3.63, 3.8) is 0 Å². The van der Waals surface area contributed by atoms with Crippen LogP contribution in [0.25, 0.3) is 0 Å². The molecule has 1 fully saturated rings. The van der Waals surface area contributed by atoms with Gasteiger partial charge in [0, 0.05) is 12.6 Å². The van der Waals surface area contributed by atoms with Gasteiger partial charge in [-0.25, -0.2) is 22.4 Å². The fourth-order valence-corrected chi connectivity index (χ4v) is 1.86. The van der Waals surface area contributed by atoms with Crippen molar-refractivity contribution in [3.05, 3.63) is 22.5 Å². The summed E-state index contributed by atoms with van der Waals surface area (Å²) in [6.07, 6.45) is -0.346. The minimum atomic E-state index is -3.98. The molecule has 9 heteroatoms. The van der Waals surface area contributed by atoms with Crippen LogP contribution in [-0.2, 0) is 0 Å². The summed E-state index contributed by atoms with van der Waals surface area (Å²) in [4.78, 5) is 14.3. The number of aromatic nitrogens is 2. The summed E-state index contributed by atoms with van der Waals surface area (Å²) in [7, 11) is 0. The summed E-state index contributed by atoms with van der Waals surface area (Å²) in [5, 5.41) is 8.56. The van der Waals surface area contributed by atoms with Gasteiger partial charge in [0.25, 0.3) is 0 Å². The Labute approximate surface area is 97.9 Å². The van der Waals surface area contributed by atoms with Gasteiger partial charge >= 0.3 is 11.6 Å². The molecule has 0 unspecified atom stereocenters. The number of alkyl halides is 3. The topological polar surface area (TPSA) is 81.1 Å². The van der Waals surface area contributed by atoms with E-state index in [1.54, 1.807) is 0 Å². The highest BCUT2D eigenvalue weighted by Gasteiger charge is 2.71. The van der Waals surface area contributed by atoms with Crippen LogP contribution < -0.4 is 11.4 Å². The number of aliphatic hydroxyl groups excluding tert-OH is 1. The Balaban J connectivity index is 2.42. The Bertz CT molecular complexity index is 547. The number of nitrogens with zero attached hydrogens (tertiary/aromatic N) is 2. The predicted octanol–water partition coefficient (Wildman–Crippen LogP) is 0.245. The molecule has 5 nitrogen and oxygen atoms in total. The van der Waals surface area contributed by atoms with Crippen LogP contribution >= 0.6 is 0 Å². The molecular formula is C9H9F4N3O2. The number of nitrogens with two attached hydrogens (primary N) is 1. The van der Waals surface area contributed by atoms with E-state index >= 15 is 0 Å². The first-order valence-corrected chi connectivity index (χ1v) is 4.94. The SMILES string of the molecule is Nc1nc(=O)n([C@@H]2C[C@](F)(CO)C2(F)F)cc1F. The Hall–Kier alpha value is -1.64. The van der Waals surface area contributed by atoms with E-state index in [0.29, 0.717) is 10.8 Å². The number of halogens is 4. The maximum Gasteiger partial charge on any atom is 0.350 e. The van der Waals surface area contributed by atoms with Gasteiger partial charge < -0.3 is 10.8 Å². The first-order chi connectivity index (χ1) is 8.23. The van der Waals surface area contributed by atoms with Gasteiger partial charge in [0.1, 0.15) is 6.04 Å². The third kappa shape index (κ3) is 1.50. The van der Waals surface area contributed by atoms with Crippen LogP contribution in [0.5, 0.6) is 0 Å². The molecule has 0 aliphatic heterocycles. The number of hydrogen-bond donors (Lipinski definition) is 2. The maximum atomic E-state index is 13.5. The van der Waals surface area contributed by atoms with Crippen LogP contribution in [0.15, 0.2) is 11.0 Å². The van der Waals surface area contributed by atoms with E-state index in [0.717, 1.165) is 0 Å². The van der Waals surface area contributed by atoms with Crippen molar-refractivity contribution >= 4 is 5.82 Å². The Morgan fingerprint density at radius 1 is 1.56 bits per heavy atom. The van der Waals surface area contributed by atoms with Crippen LogP contribution in [-0.4, -0.2) is 32.9 Å². The molecule has 3 N–H and O–H groups in total. The van der Waals surface area contributed by atoms with E-state index in [-0.39, 0.29) is 0 Å². The van der Waals surface area contributed by atoms with Crippen LogP contribution in [0, 0.1) is 5.82 Å². The summed E-state index contributed by atoms with van der Waals surface area (Å²) < 4.78 is 53.7. The molecule has 0 amide bonds. The van der Waals surface area contributed by atoms with Gasteiger partial charge in [0.05, 0.1) is 6.61 Å². The molecule has 0 spiro atoms. The monoisotopic (exact) mass is 267 g/mol. The summed E-state index contributed by atoms with van der Waals surface area (Å²) in [6.45, 7) is -1.38. The maximum absolute atomic E-state index is 13.5. The lowest BCUT2D eigenvalue weighted by atomic mass is 9.73. The zero-order valence-electron chi connectivity index (χ0n) is 8.91. The summed E-state index contributed by atoms with van der Waals surface area (Å²) in [6, 6.07) is -1.88. The van der Waals surface area contributed by atoms with Gasteiger partial charge in [-0.05, 0) is 0 Å². The molecular weight excluding hydrogens is 258 g/mol. The Morgan fingerprint density at radius 2 is 2.17 bits per heavy atom. The first-order valence-electron chi connectivity index (χ1n) is 4.94. The van der Waals surface area contributed by atoms with Gasteiger partial charge in [-0.15, -0.1) is 0 Å². The first kappa shape index (κ1) is 12.8. The minimum absolute atomic E-state index is 0.291. The lowest BCUT2D eigenvalue weighted by molar-refractivity contribution is -0.260. The molecule has 0 bridgehead atoms. The second kappa shape index (κ2) is 3.67.